The molecule has 1 N–H and O–H groups in total. The summed E-state index contributed by atoms with van der Waals surface area (Å²) in [5.74, 6) is -0.293. The van der Waals surface area contributed by atoms with E-state index in [1.54, 1.807) is 36.1 Å². The van der Waals surface area contributed by atoms with Crippen LogP contribution < -0.4 is 0 Å². The van der Waals surface area contributed by atoms with Crippen molar-refractivity contribution in [3.05, 3.63) is 34.9 Å². The van der Waals surface area contributed by atoms with Crippen LogP contribution in [-0.4, -0.2) is 40.9 Å². The fraction of sp³-hybridized carbons (Fsp3) is 0.529. The molecule has 2 rings (SSSR count). The quantitative estimate of drug-likeness (QED) is 0.867. The molecule has 1 aromatic carbocycles. The lowest BCUT2D eigenvalue weighted by Crippen LogP contribution is -2.46. The molecule has 0 unspecified atom stereocenters. The number of hydrogen-bond acceptors (Lipinski definition) is 3. The normalized spacial score (nSPS) is 23.2. The molecule has 3 atom stereocenters. The van der Waals surface area contributed by atoms with E-state index >= 15 is 0 Å². The topological polar surface area (TPSA) is 57.6 Å². The molecule has 0 saturated carbocycles. The summed E-state index contributed by atoms with van der Waals surface area (Å²) in [6.07, 6.45) is 0.495. The summed E-state index contributed by atoms with van der Waals surface area (Å²) in [4.78, 5) is 26.3. The molecule has 1 saturated heterocycles. The van der Waals surface area contributed by atoms with E-state index in [9.17, 15) is 14.7 Å². The van der Waals surface area contributed by atoms with Crippen molar-refractivity contribution in [1.29, 1.82) is 0 Å². The monoisotopic (exact) mass is 323 g/mol. The number of aliphatic hydroxyl groups is 1. The molecular formula is C17H22ClNO3. The Bertz CT molecular complexity index is 543. The van der Waals surface area contributed by atoms with Crippen molar-refractivity contribution in [2.24, 2.45) is 11.8 Å². The van der Waals surface area contributed by atoms with Crippen molar-refractivity contribution in [1.82, 2.24) is 4.90 Å². The average Bonchev–Trinajstić information content (AvgIpc) is 2.50. The van der Waals surface area contributed by atoms with Crippen molar-refractivity contribution in [2.75, 3.05) is 13.1 Å². The first-order valence-corrected chi connectivity index (χ1v) is 8.02. The SMILES string of the molecule is C[C@H](CC(=O)N1CC[C@@H](C)[C@H](O)C1)C(=O)c1ccc(Cl)cc1. The summed E-state index contributed by atoms with van der Waals surface area (Å²) in [7, 11) is 0. The Labute approximate surface area is 136 Å². The number of β-amino-alcohol motifs (C(OH)–C–C–N with tert-alkyl or cyclic N) is 1. The number of likely N-dealkylation sites (tertiary alicyclic amines) is 1. The van der Waals surface area contributed by atoms with Crippen LogP contribution in [0, 0.1) is 11.8 Å². The Hall–Kier alpha value is -1.39. The zero-order chi connectivity index (χ0) is 16.3. The van der Waals surface area contributed by atoms with Crippen LogP contribution in [0.1, 0.15) is 37.0 Å². The lowest BCUT2D eigenvalue weighted by molar-refractivity contribution is -0.136. The maximum atomic E-state index is 12.3. The Morgan fingerprint density at radius 1 is 1.36 bits per heavy atom. The predicted octanol–water partition coefficient (Wildman–Crippen LogP) is 2.78. The third-order valence-corrected chi connectivity index (χ3v) is 4.58. The Kier molecular flexibility index (Phi) is 5.59. The number of piperidine rings is 1. The summed E-state index contributed by atoms with van der Waals surface area (Å²) in [5, 5.41) is 10.5. The molecule has 22 heavy (non-hydrogen) atoms. The largest absolute Gasteiger partial charge is 0.391 e. The zero-order valence-corrected chi connectivity index (χ0v) is 13.7. The van der Waals surface area contributed by atoms with Gasteiger partial charge in [0.15, 0.2) is 5.78 Å². The summed E-state index contributed by atoms with van der Waals surface area (Å²) in [6.45, 7) is 4.76. The van der Waals surface area contributed by atoms with Gasteiger partial charge in [-0.15, -0.1) is 0 Å². The number of amides is 1. The number of benzene rings is 1. The third kappa shape index (κ3) is 4.08. The lowest BCUT2D eigenvalue weighted by atomic mass is 9.93. The number of carbonyl (C=O) groups excluding carboxylic acids is 2. The maximum absolute atomic E-state index is 12.3. The van der Waals surface area contributed by atoms with Crippen LogP contribution >= 0.6 is 11.6 Å². The molecule has 5 heteroatoms. The van der Waals surface area contributed by atoms with Crippen molar-refractivity contribution in [3.8, 4) is 0 Å². The summed E-state index contributed by atoms with van der Waals surface area (Å²) >= 11 is 5.81. The summed E-state index contributed by atoms with van der Waals surface area (Å²) in [6, 6.07) is 6.70. The lowest BCUT2D eigenvalue weighted by Gasteiger charge is -2.34. The highest BCUT2D eigenvalue weighted by Crippen LogP contribution is 2.20. The number of carbonyl (C=O) groups is 2. The first-order valence-electron chi connectivity index (χ1n) is 7.64. The Morgan fingerprint density at radius 3 is 2.59 bits per heavy atom. The van der Waals surface area contributed by atoms with E-state index in [0.29, 0.717) is 23.7 Å². The number of hydrogen-bond donors (Lipinski definition) is 1. The second kappa shape index (κ2) is 7.25. The molecule has 4 nitrogen and oxygen atoms in total. The first kappa shape index (κ1) is 17.0. The van der Waals surface area contributed by atoms with E-state index in [4.69, 9.17) is 11.6 Å². The van der Waals surface area contributed by atoms with Gasteiger partial charge in [0.2, 0.25) is 5.91 Å². The number of rotatable bonds is 4. The van der Waals surface area contributed by atoms with E-state index < -0.39 is 6.10 Å². The van der Waals surface area contributed by atoms with Gasteiger partial charge in [-0.05, 0) is 36.6 Å². The number of aliphatic hydroxyl groups excluding tert-OH is 1. The number of Topliss-reactive ketones (excluding diaryl/α,β-unsaturated/α-hetero) is 1. The highest BCUT2D eigenvalue weighted by Gasteiger charge is 2.29. The van der Waals surface area contributed by atoms with Crippen LogP contribution in [0.25, 0.3) is 0 Å². The van der Waals surface area contributed by atoms with Crippen LogP contribution in [0.3, 0.4) is 0 Å². The van der Waals surface area contributed by atoms with E-state index in [-0.39, 0.29) is 29.9 Å². The van der Waals surface area contributed by atoms with Crippen molar-refractivity contribution < 1.29 is 14.7 Å². The van der Waals surface area contributed by atoms with Crippen LogP contribution in [-0.2, 0) is 4.79 Å². The molecule has 0 aliphatic carbocycles. The van der Waals surface area contributed by atoms with Gasteiger partial charge in [-0.2, -0.15) is 0 Å². The molecule has 1 aromatic rings. The molecule has 1 heterocycles. The van der Waals surface area contributed by atoms with Crippen LogP contribution in [0.4, 0.5) is 0 Å². The molecule has 1 aliphatic heterocycles. The number of ketones is 1. The molecule has 0 radical (unpaired) electrons. The summed E-state index contributed by atoms with van der Waals surface area (Å²) in [5.41, 5.74) is 0.567. The van der Waals surface area contributed by atoms with Gasteiger partial charge in [0.05, 0.1) is 6.10 Å². The second-order valence-corrected chi connectivity index (χ2v) is 6.59. The number of halogens is 1. The Balaban J connectivity index is 1.93. The van der Waals surface area contributed by atoms with Crippen LogP contribution in [0.2, 0.25) is 5.02 Å². The fourth-order valence-corrected chi connectivity index (χ4v) is 2.78. The van der Waals surface area contributed by atoms with Crippen molar-refractivity contribution >= 4 is 23.3 Å². The fourth-order valence-electron chi connectivity index (χ4n) is 2.66. The van der Waals surface area contributed by atoms with Gasteiger partial charge < -0.3 is 10.0 Å². The second-order valence-electron chi connectivity index (χ2n) is 6.15. The smallest absolute Gasteiger partial charge is 0.223 e. The minimum Gasteiger partial charge on any atom is -0.391 e. The van der Waals surface area contributed by atoms with Crippen molar-refractivity contribution in [2.45, 2.75) is 32.8 Å². The van der Waals surface area contributed by atoms with Gasteiger partial charge in [-0.25, -0.2) is 0 Å². The van der Waals surface area contributed by atoms with Gasteiger partial charge >= 0.3 is 0 Å². The molecule has 0 aromatic heterocycles. The minimum absolute atomic E-state index is 0.0593. The molecule has 1 aliphatic rings. The van der Waals surface area contributed by atoms with E-state index in [0.717, 1.165) is 6.42 Å². The van der Waals surface area contributed by atoms with Gasteiger partial charge in [0.25, 0.3) is 0 Å². The zero-order valence-electron chi connectivity index (χ0n) is 13.0. The third-order valence-electron chi connectivity index (χ3n) is 4.33. The number of nitrogens with zero attached hydrogens (tertiary/aromatic N) is 1. The van der Waals surface area contributed by atoms with Gasteiger partial charge in [0, 0.05) is 36.0 Å². The van der Waals surface area contributed by atoms with E-state index in [1.165, 1.54) is 0 Å². The maximum Gasteiger partial charge on any atom is 0.223 e. The Morgan fingerprint density at radius 2 is 2.00 bits per heavy atom. The predicted molar refractivity (Wildman–Crippen MR) is 85.9 cm³/mol. The highest BCUT2D eigenvalue weighted by atomic mass is 35.5. The highest BCUT2D eigenvalue weighted by molar-refractivity contribution is 6.30. The van der Waals surface area contributed by atoms with E-state index in [2.05, 4.69) is 0 Å². The molecule has 120 valence electrons. The average molecular weight is 324 g/mol. The molecule has 1 fully saturated rings. The van der Waals surface area contributed by atoms with Crippen molar-refractivity contribution in [3.63, 3.8) is 0 Å². The molecular weight excluding hydrogens is 302 g/mol. The van der Waals surface area contributed by atoms with Gasteiger partial charge in [-0.1, -0.05) is 25.4 Å². The van der Waals surface area contributed by atoms with E-state index in [1.807, 2.05) is 6.92 Å². The molecule has 1 amide bonds. The molecule has 0 bridgehead atoms. The van der Waals surface area contributed by atoms with Crippen LogP contribution in [0.15, 0.2) is 24.3 Å². The summed E-state index contributed by atoms with van der Waals surface area (Å²) < 4.78 is 0. The minimum atomic E-state index is -0.472. The van der Waals surface area contributed by atoms with Gasteiger partial charge in [-0.3, -0.25) is 9.59 Å². The van der Waals surface area contributed by atoms with Crippen LogP contribution in [0.5, 0.6) is 0 Å². The molecule has 0 spiro atoms. The first-order chi connectivity index (χ1) is 10.4. The van der Waals surface area contributed by atoms with Gasteiger partial charge in [0.1, 0.15) is 0 Å². The standard InChI is InChI=1S/C17H22ClNO3/c1-11-7-8-19(10-15(11)20)16(21)9-12(2)17(22)13-3-5-14(18)6-4-13/h3-6,11-12,15,20H,7-10H2,1-2H3/t11-,12-,15-/m1/s1.